The number of rotatable bonds is 6. The molecule has 2 heteroatoms. The third-order valence-electron chi connectivity index (χ3n) is 1.67. The Labute approximate surface area is 68.9 Å². The fourth-order valence-electron chi connectivity index (χ4n) is 0.785. The largest absolute Gasteiger partial charge is 0.371 e. The molecule has 0 heterocycles. The predicted octanol–water partition coefficient (Wildman–Crippen LogP) is 2.17. The summed E-state index contributed by atoms with van der Waals surface area (Å²) in [6.07, 6.45) is 2.54. The van der Waals surface area contributed by atoms with Gasteiger partial charge in [-0.15, -0.1) is 0 Å². The van der Waals surface area contributed by atoms with Gasteiger partial charge in [-0.2, -0.15) is 0 Å². The van der Waals surface area contributed by atoms with Crippen LogP contribution in [-0.4, -0.2) is 18.5 Å². The van der Waals surface area contributed by atoms with E-state index in [-0.39, 0.29) is 11.9 Å². The summed E-state index contributed by atoms with van der Waals surface area (Å²) in [5.41, 5.74) is 0. The monoisotopic (exact) mass is 158 g/mol. The molecule has 0 aliphatic heterocycles. The molecule has 0 aromatic carbocycles. The molecule has 0 N–H and O–H groups in total. The van der Waals surface area contributed by atoms with Crippen LogP contribution < -0.4 is 0 Å². The molecule has 1 atom stereocenters. The molecule has 66 valence electrons. The van der Waals surface area contributed by atoms with Gasteiger partial charge < -0.3 is 4.74 Å². The second-order valence-electron chi connectivity index (χ2n) is 2.69. The molecule has 0 aromatic rings. The highest BCUT2D eigenvalue weighted by molar-refractivity contribution is 5.82. The summed E-state index contributed by atoms with van der Waals surface area (Å²) >= 11 is 0. The van der Waals surface area contributed by atoms with Gasteiger partial charge in [0.25, 0.3) is 0 Å². The summed E-state index contributed by atoms with van der Waals surface area (Å²) in [6, 6.07) is 0. The van der Waals surface area contributed by atoms with Crippen LogP contribution in [0.5, 0.6) is 0 Å². The molecule has 0 amide bonds. The molecule has 0 radical (unpaired) electrons. The van der Waals surface area contributed by atoms with Crippen LogP contribution in [0, 0.1) is 0 Å². The van der Waals surface area contributed by atoms with Crippen LogP contribution in [0.25, 0.3) is 0 Å². The van der Waals surface area contributed by atoms with Crippen LogP contribution >= 0.6 is 0 Å². The molecule has 0 fully saturated rings. The van der Waals surface area contributed by atoms with Crippen LogP contribution in [0.2, 0.25) is 0 Å². The van der Waals surface area contributed by atoms with Gasteiger partial charge >= 0.3 is 0 Å². The number of ketones is 1. The van der Waals surface area contributed by atoms with Crippen molar-refractivity contribution in [2.45, 2.75) is 46.1 Å². The lowest BCUT2D eigenvalue weighted by molar-refractivity contribution is -0.129. The summed E-state index contributed by atoms with van der Waals surface area (Å²) in [4.78, 5) is 11.0. The Bertz CT molecular complexity index is 110. The maximum atomic E-state index is 11.0. The van der Waals surface area contributed by atoms with Gasteiger partial charge in [0.15, 0.2) is 5.78 Å². The third kappa shape index (κ3) is 4.96. The maximum absolute atomic E-state index is 11.0. The van der Waals surface area contributed by atoms with Crippen molar-refractivity contribution in [3.8, 4) is 0 Å². The van der Waals surface area contributed by atoms with Gasteiger partial charge in [-0.3, -0.25) is 4.79 Å². The quantitative estimate of drug-likeness (QED) is 0.554. The average molecular weight is 158 g/mol. The first-order chi connectivity index (χ1) is 5.22. The lowest BCUT2D eigenvalue weighted by Gasteiger charge is -2.09. The van der Waals surface area contributed by atoms with Crippen molar-refractivity contribution in [1.29, 1.82) is 0 Å². The summed E-state index contributed by atoms with van der Waals surface area (Å²) in [6.45, 7) is 6.50. The fraction of sp³-hybridized carbons (Fsp3) is 0.889. The van der Waals surface area contributed by atoms with Crippen LogP contribution in [0.4, 0.5) is 0 Å². The molecule has 0 aliphatic carbocycles. The summed E-state index contributed by atoms with van der Waals surface area (Å²) in [5.74, 6) is 0.195. The standard InChI is InChI=1S/C9H18O2/c1-4-6-7-11-8(3)9(10)5-2/h8H,4-7H2,1-3H3. The highest BCUT2D eigenvalue weighted by atomic mass is 16.5. The van der Waals surface area contributed by atoms with E-state index >= 15 is 0 Å². The van der Waals surface area contributed by atoms with Crippen molar-refractivity contribution in [2.24, 2.45) is 0 Å². The smallest absolute Gasteiger partial charge is 0.160 e. The highest BCUT2D eigenvalue weighted by Crippen LogP contribution is 1.98. The zero-order valence-corrected chi connectivity index (χ0v) is 7.72. The highest BCUT2D eigenvalue weighted by Gasteiger charge is 2.09. The lowest BCUT2D eigenvalue weighted by atomic mass is 10.2. The van der Waals surface area contributed by atoms with Crippen molar-refractivity contribution in [1.82, 2.24) is 0 Å². The molecule has 11 heavy (non-hydrogen) atoms. The fourth-order valence-corrected chi connectivity index (χ4v) is 0.785. The molecule has 0 bridgehead atoms. The second-order valence-corrected chi connectivity index (χ2v) is 2.69. The minimum Gasteiger partial charge on any atom is -0.371 e. The van der Waals surface area contributed by atoms with Crippen molar-refractivity contribution < 1.29 is 9.53 Å². The van der Waals surface area contributed by atoms with Crippen LogP contribution in [0.1, 0.15) is 40.0 Å². The Hall–Kier alpha value is -0.370. The predicted molar refractivity (Wildman–Crippen MR) is 45.6 cm³/mol. The normalized spacial score (nSPS) is 13.0. The number of hydrogen-bond donors (Lipinski definition) is 0. The summed E-state index contributed by atoms with van der Waals surface area (Å²) in [5, 5.41) is 0. The van der Waals surface area contributed by atoms with E-state index in [2.05, 4.69) is 6.92 Å². The first-order valence-corrected chi connectivity index (χ1v) is 4.36. The van der Waals surface area contributed by atoms with E-state index in [1.165, 1.54) is 0 Å². The van der Waals surface area contributed by atoms with Crippen molar-refractivity contribution in [2.75, 3.05) is 6.61 Å². The molecule has 2 nitrogen and oxygen atoms in total. The van der Waals surface area contributed by atoms with E-state index in [1.54, 1.807) is 0 Å². The first-order valence-electron chi connectivity index (χ1n) is 4.36. The van der Waals surface area contributed by atoms with E-state index in [0.29, 0.717) is 13.0 Å². The zero-order valence-electron chi connectivity index (χ0n) is 7.72. The van der Waals surface area contributed by atoms with E-state index in [9.17, 15) is 4.79 Å². The van der Waals surface area contributed by atoms with Crippen LogP contribution in [0.3, 0.4) is 0 Å². The van der Waals surface area contributed by atoms with E-state index in [4.69, 9.17) is 4.74 Å². The van der Waals surface area contributed by atoms with Crippen LogP contribution in [-0.2, 0) is 9.53 Å². The molecule has 0 saturated carbocycles. The Balaban J connectivity index is 3.36. The maximum Gasteiger partial charge on any atom is 0.160 e. The van der Waals surface area contributed by atoms with Gasteiger partial charge in [-0.1, -0.05) is 20.3 Å². The minimum absolute atomic E-state index is 0.195. The number of Topliss-reactive ketones (excluding diaryl/α,β-unsaturated/α-hetero) is 1. The van der Waals surface area contributed by atoms with Crippen LogP contribution in [0.15, 0.2) is 0 Å². The number of hydrogen-bond acceptors (Lipinski definition) is 2. The Morgan fingerprint density at radius 3 is 2.55 bits per heavy atom. The Morgan fingerprint density at radius 2 is 2.09 bits per heavy atom. The van der Waals surface area contributed by atoms with E-state index < -0.39 is 0 Å². The Kier molecular flexibility index (Phi) is 6.13. The molecule has 1 unspecified atom stereocenters. The molecular weight excluding hydrogens is 140 g/mol. The van der Waals surface area contributed by atoms with Gasteiger partial charge in [0.2, 0.25) is 0 Å². The van der Waals surface area contributed by atoms with Gasteiger partial charge in [0.1, 0.15) is 6.10 Å². The van der Waals surface area contributed by atoms with Gasteiger partial charge in [-0.05, 0) is 13.3 Å². The lowest BCUT2D eigenvalue weighted by Crippen LogP contribution is -2.20. The number of carbonyl (C=O) groups is 1. The summed E-state index contributed by atoms with van der Waals surface area (Å²) < 4.78 is 5.29. The summed E-state index contributed by atoms with van der Waals surface area (Å²) in [7, 11) is 0. The SMILES string of the molecule is CCCCOC(C)C(=O)CC. The zero-order chi connectivity index (χ0) is 8.69. The number of unbranched alkanes of at least 4 members (excludes halogenated alkanes) is 1. The minimum atomic E-state index is -0.202. The Morgan fingerprint density at radius 1 is 1.45 bits per heavy atom. The topological polar surface area (TPSA) is 26.3 Å². The molecule has 0 rings (SSSR count). The van der Waals surface area contributed by atoms with Crippen molar-refractivity contribution in [3.05, 3.63) is 0 Å². The molecule has 0 spiro atoms. The van der Waals surface area contributed by atoms with E-state index in [1.807, 2.05) is 13.8 Å². The van der Waals surface area contributed by atoms with Crippen molar-refractivity contribution >= 4 is 5.78 Å². The molecule has 0 aliphatic rings. The molecule has 0 saturated heterocycles. The second kappa shape index (κ2) is 6.35. The van der Waals surface area contributed by atoms with E-state index in [0.717, 1.165) is 12.8 Å². The first kappa shape index (κ1) is 10.6. The number of carbonyl (C=O) groups excluding carboxylic acids is 1. The average Bonchev–Trinajstić information content (AvgIpc) is 2.03. The molecular formula is C9H18O2. The number of ether oxygens (including phenoxy) is 1. The van der Waals surface area contributed by atoms with Gasteiger partial charge in [0, 0.05) is 13.0 Å². The van der Waals surface area contributed by atoms with Gasteiger partial charge in [-0.25, -0.2) is 0 Å². The molecule has 0 aromatic heterocycles. The van der Waals surface area contributed by atoms with Gasteiger partial charge in [0.05, 0.1) is 0 Å². The van der Waals surface area contributed by atoms with Crippen molar-refractivity contribution in [3.63, 3.8) is 0 Å². The third-order valence-corrected chi connectivity index (χ3v) is 1.67.